The third-order valence-electron chi connectivity index (χ3n) is 2.65. The maximum Gasteiger partial charge on any atom is 0.434 e. The van der Waals surface area contributed by atoms with Crippen molar-refractivity contribution in [3.8, 4) is 17.0 Å². The van der Waals surface area contributed by atoms with Gasteiger partial charge in [0.2, 0.25) is 5.88 Å². The summed E-state index contributed by atoms with van der Waals surface area (Å²) in [5, 5.41) is 0.294. The fourth-order valence-corrected chi connectivity index (χ4v) is 2.37. The molecular weight excluding hydrogens is 350 g/mol. The van der Waals surface area contributed by atoms with E-state index in [0.717, 1.165) is 0 Å². The highest BCUT2D eigenvalue weighted by molar-refractivity contribution is 6.44. The summed E-state index contributed by atoms with van der Waals surface area (Å²) in [4.78, 5) is 3.45. The summed E-state index contributed by atoms with van der Waals surface area (Å²) in [5.74, 6) is -0.151. The monoisotopic (exact) mass is 355 g/mol. The molecule has 2 rings (SSSR count). The Hall–Kier alpha value is -1.17. The number of alkyl halides is 3. The normalized spacial score (nSPS) is 11.6. The van der Waals surface area contributed by atoms with Crippen LogP contribution in [0.25, 0.3) is 11.1 Å². The van der Waals surface area contributed by atoms with Crippen LogP contribution in [0.1, 0.15) is 5.69 Å². The topological polar surface area (TPSA) is 22.1 Å². The zero-order chi connectivity index (χ0) is 15.8. The first kappa shape index (κ1) is 16.2. The van der Waals surface area contributed by atoms with Crippen LogP contribution in [0, 0.1) is 0 Å². The van der Waals surface area contributed by atoms with Crippen LogP contribution in [0.15, 0.2) is 24.3 Å². The third kappa shape index (κ3) is 3.36. The summed E-state index contributed by atoms with van der Waals surface area (Å²) in [6.45, 7) is 0. The van der Waals surface area contributed by atoms with E-state index in [1.807, 2.05) is 0 Å². The summed E-state index contributed by atoms with van der Waals surface area (Å²) in [6.07, 6.45) is -4.67. The summed E-state index contributed by atoms with van der Waals surface area (Å²) >= 11 is 17.6. The molecule has 0 saturated heterocycles. The third-order valence-corrected chi connectivity index (χ3v) is 3.68. The van der Waals surface area contributed by atoms with E-state index in [9.17, 15) is 13.2 Å². The van der Waals surface area contributed by atoms with Crippen molar-refractivity contribution in [3.05, 3.63) is 45.0 Å². The second kappa shape index (κ2) is 5.91. The lowest BCUT2D eigenvalue weighted by Crippen LogP contribution is -2.11. The Morgan fingerprint density at radius 2 is 1.57 bits per heavy atom. The minimum Gasteiger partial charge on any atom is -0.481 e. The zero-order valence-electron chi connectivity index (χ0n) is 10.4. The quantitative estimate of drug-likeness (QED) is 0.640. The van der Waals surface area contributed by atoms with Crippen LogP contribution in [0.4, 0.5) is 13.2 Å². The second-order valence-electron chi connectivity index (χ2n) is 3.99. The Labute approximate surface area is 133 Å². The van der Waals surface area contributed by atoms with Gasteiger partial charge in [0.15, 0.2) is 5.69 Å². The molecule has 0 fully saturated rings. The molecule has 0 aliphatic carbocycles. The van der Waals surface area contributed by atoms with Gasteiger partial charge in [-0.1, -0.05) is 34.8 Å². The van der Waals surface area contributed by atoms with Gasteiger partial charge >= 0.3 is 6.18 Å². The van der Waals surface area contributed by atoms with Crippen molar-refractivity contribution in [2.75, 3.05) is 7.11 Å². The second-order valence-corrected chi connectivity index (χ2v) is 5.22. The van der Waals surface area contributed by atoms with Crippen LogP contribution in [0.3, 0.4) is 0 Å². The highest BCUT2D eigenvalue weighted by Crippen LogP contribution is 2.41. The van der Waals surface area contributed by atoms with Crippen molar-refractivity contribution in [1.82, 2.24) is 4.98 Å². The first-order valence-corrected chi connectivity index (χ1v) is 6.64. The molecule has 0 aliphatic heterocycles. The van der Waals surface area contributed by atoms with Gasteiger partial charge in [-0.25, -0.2) is 4.98 Å². The van der Waals surface area contributed by atoms with Crippen molar-refractivity contribution >= 4 is 34.8 Å². The number of halogens is 6. The molecule has 21 heavy (non-hydrogen) atoms. The molecule has 0 aliphatic rings. The minimum absolute atomic E-state index is 0.0434. The molecule has 8 heteroatoms. The molecule has 1 aromatic heterocycles. The summed E-state index contributed by atoms with van der Waals surface area (Å²) in [5.41, 5.74) is -1.22. The average Bonchev–Trinajstić information content (AvgIpc) is 2.41. The van der Waals surface area contributed by atoms with Crippen LogP contribution in [-0.2, 0) is 6.18 Å². The minimum atomic E-state index is -4.67. The fourth-order valence-electron chi connectivity index (χ4n) is 1.72. The average molecular weight is 357 g/mol. The zero-order valence-corrected chi connectivity index (χ0v) is 12.7. The van der Waals surface area contributed by atoms with Gasteiger partial charge in [-0.3, -0.25) is 0 Å². The first-order chi connectivity index (χ1) is 9.74. The van der Waals surface area contributed by atoms with Crippen molar-refractivity contribution in [2.45, 2.75) is 6.18 Å². The molecule has 0 saturated carbocycles. The number of hydrogen-bond donors (Lipinski definition) is 0. The molecule has 2 nitrogen and oxygen atoms in total. The number of ether oxygens (including phenoxy) is 1. The van der Waals surface area contributed by atoms with E-state index in [1.165, 1.54) is 31.4 Å². The van der Waals surface area contributed by atoms with E-state index in [1.54, 1.807) is 0 Å². The van der Waals surface area contributed by atoms with Gasteiger partial charge in [-0.05, 0) is 18.2 Å². The number of benzene rings is 1. The molecule has 0 bridgehead atoms. The Morgan fingerprint density at radius 1 is 0.952 bits per heavy atom. The van der Waals surface area contributed by atoms with E-state index in [4.69, 9.17) is 39.5 Å². The van der Waals surface area contributed by atoms with Gasteiger partial charge in [-0.15, -0.1) is 0 Å². The highest BCUT2D eigenvalue weighted by atomic mass is 35.5. The molecule has 0 atom stereocenters. The van der Waals surface area contributed by atoms with E-state index in [-0.39, 0.29) is 32.1 Å². The molecule has 1 heterocycles. The summed E-state index contributed by atoms with van der Waals surface area (Å²) in [6, 6.07) is 5.08. The van der Waals surface area contributed by atoms with E-state index < -0.39 is 11.9 Å². The van der Waals surface area contributed by atoms with Gasteiger partial charge in [0.25, 0.3) is 0 Å². The van der Waals surface area contributed by atoms with Crippen LogP contribution in [-0.4, -0.2) is 12.1 Å². The lowest BCUT2D eigenvalue weighted by Gasteiger charge is -2.14. The smallest absolute Gasteiger partial charge is 0.434 e. The summed E-state index contributed by atoms with van der Waals surface area (Å²) in [7, 11) is 1.23. The first-order valence-electron chi connectivity index (χ1n) is 5.51. The number of pyridine rings is 1. The molecule has 2 aromatic rings. The van der Waals surface area contributed by atoms with Gasteiger partial charge in [0.05, 0.1) is 22.2 Å². The number of hydrogen-bond acceptors (Lipinski definition) is 2. The predicted octanol–water partition coefficient (Wildman–Crippen LogP) is 5.74. The standard InChI is InChI=1S/C13H7Cl3F3NO/c1-21-11-3-2-6(12(20-11)13(17,18)19)7-4-9(15)10(16)5-8(7)14/h2-5H,1H3. The lowest BCUT2D eigenvalue weighted by atomic mass is 10.0. The maximum absolute atomic E-state index is 13.1. The van der Waals surface area contributed by atoms with Crippen LogP contribution < -0.4 is 4.74 Å². The van der Waals surface area contributed by atoms with E-state index >= 15 is 0 Å². The van der Waals surface area contributed by atoms with Crippen LogP contribution >= 0.6 is 34.8 Å². The van der Waals surface area contributed by atoms with Crippen molar-refractivity contribution in [1.29, 1.82) is 0 Å². The molecule has 1 aromatic carbocycles. The molecule has 0 amide bonds. The lowest BCUT2D eigenvalue weighted by molar-refractivity contribution is -0.140. The number of nitrogens with zero attached hydrogens (tertiary/aromatic N) is 1. The number of aromatic nitrogens is 1. The molecule has 0 N–H and O–H groups in total. The predicted molar refractivity (Wildman–Crippen MR) is 76.3 cm³/mol. The molecule has 0 radical (unpaired) electrons. The Balaban J connectivity index is 2.72. The molecular formula is C13H7Cl3F3NO. The van der Waals surface area contributed by atoms with Crippen LogP contribution in [0.2, 0.25) is 15.1 Å². The van der Waals surface area contributed by atoms with Crippen molar-refractivity contribution in [3.63, 3.8) is 0 Å². The SMILES string of the molecule is COc1ccc(-c2cc(Cl)c(Cl)cc2Cl)c(C(F)(F)F)n1. The van der Waals surface area contributed by atoms with E-state index in [2.05, 4.69) is 4.98 Å². The van der Waals surface area contributed by atoms with Gasteiger partial charge in [0.1, 0.15) is 0 Å². The number of rotatable bonds is 2. The fraction of sp³-hybridized carbons (Fsp3) is 0.154. The maximum atomic E-state index is 13.1. The summed E-state index contributed by atoms with van der Waals surface area (Å²) < 4.78 is 44.1. The largest absolute Gasteiger partial charge is 0.481 e. The van der Waals surface area contributed by atoms with E-state index in [0.29, 0.717) is 0 Å². The molecule has 112 valence electrons. The Kier molecular flexibility index (Phi) is 4.56. The number of methoxy groups -OCH3 is 1. The van der Waals surface area contributed by atoms with Gasteiger partial charge in [-0.2, -0.15) is 13.2 Å². The molecule has 0 spiro atoms. The van der Waals surface area contributed by atoms with Crippen molar-refractivity contribution in [2.24, 2.45) is 0 Å². The van der Waals surface area contributed by atoms with Gasteiger partial charge < -0.3 is 4.74 Å². The van der Waals surface area contributed by atoms with Crippen molar-refractivity contribution < 1.29 is 17.9 Å². The Morgan fingerprint density at radius 3 is 2.14 bits per heavy atom. The van der Waals surface area contributed by atoms with Gasteiger partial charge in [0, 0.05) is 17.2 Å². The Bertz CT molecular complexity index is 689. The molecule has 0 unspecified atom stereocenters. The highest BCUT2D eigenvalue weighted by Gasteiger charge is 2.36. The van der Waals surface area contributed by atoms with Crippen LogP contribution in [0.5, 0.6) is 5.88 Å².